The van der Waals surface area contributed by atoms with E-state index in [-0.39, 0.29) is 18.6 Å². The zero-order valence-corrected chi connectivity index (χ0v) is 14.0. The molecule has 1 N–H and O–H groups in total. The van der Waals surface area contributed by atoms with Crippen LogP contribution in [0.5, 0.6) is 0 Å². The van der Waals surface area contributed by atoms with Gasteiger partial charge in [-0.2, -0.15) is 0 Å². The number of aryl methyl sites for hydroxylation is 2. The van der Waals surface area contributed by atoms with Crippen molar-refractivity contribution in [2.75, 3.05) is 6.61 Å². The van der Waals surface area contributed by atoms with E-state index in [4.69, 9.17) is 4.74 Å². The van der Waals surface area contributed by atoms with Gasteiger partial charge in [0.25, 0.3) is 5.91 Å². The maximum Gasteiger partial charge on any atom is 0.339 e. The van der Waals surface area contributed by atoms with Crippen molar-refractivity contribution in [1.82, 2.24) is 10.3 Å². The highest BCUT2D eigenvalue weighted by atomic mass is 16.5. The third kappa shape index (κ3) is 4.28. The second-order valence-corrected chi connectivity index (χ2v) is 5.78. The monoisotopic (exact) mass is 314 g/mol. The van der Waals surface area contributed by atoms with Crippen LogP contribution in [-0.4, -0.2) is 29.5 Å². The fraction of sp³-hybridized carbons (Fsp3) is 0.389. The largest absolute Gasteiger partial charge is 0.452 e. The Labute approximate surface area is 136 Å². The first kappa shape index (κ1) is 16.9. The summed E-state index contributed by atoms with van der Waals surface area (Å²) < 4.78 is 5.16. The summed E-state index contributed by atoms with van der Waals surface area (Å²) in [5.41, 5.74) is 2.95. The molecule has 0 saturated heterocycles. The van der Waals surface area contributed by atoms with Crippen molar-refractivity contribution in [1.29, 1.82) is 0 Å². The lowest BCUT2D eigenvalue weighted by Gasteiger charge is -2.12. The normalized spacial score (nSPS) is 12.0. The van der Waals surface area contributed by atoms with E-state index in [9.17, 15) is 9.59 Å². The molecule has 1 heterocycles. The van der Waals surface area contributed by atoms with Crippen LogP contribution >= 0.6 is 0 Å². The summed E-state index contributed by atoms with van der Waals surface area (Å²) in [5, 5.41) is 3.50. The summed E-state index contributed by atoms with van der Waals surface area (Å²) in [4.78, 5) is 28.5. The number of esters is 1. The van der Waals surface area contributed by atoms with Crippen LogP contribution < -0.4 is 5.32 Å². The molecular formula is C18H22N2O3. The van der Waals surface area contributed by atoms with Gasteiger partial charge in [-0.1, -0.05) is 18.6 Å². The molecule has 0 aliphatic heterocycles. The molecule has 1 atom stereocenters. The first-order valence-electron chi connectivity index (χ1n) is 7.75. The molecule has 5 heteroatoms. The van der Waals surface area contributed by atoms with Crippen molar-refractivity contribution in [3.8, 4) is 0 Å². The molecule has 0 bridgehead atoms. The SMILES string of the molecule is CCC(C)NC(=O)COC(=O)c1cc(C)nc2ccc(C)cc12. The zero-order chi connectivity index (χ0) is 17.0. The number of amides is 1. The quantitative estimate of drug-likeness (QED) is 0.862. The Morgan fingerprint density at radius 3 is 2.70 bits per heavy atom. The lowest BCUT2D eigenvalue weighted by atomic mass is 10.1. The second kappa shape index (κ2) is 7.22. The van der Waals surface area contributed by atoms with E-state index in [1.807, 2.05) is 45.9 Å². The van der Waals surface area contributed by atoms with Crippen molar-refractivity contribution in [2.24, 2.45) is 0 Å². The lowest BCUT2D eigenvalue weighted by molar-refractivity contribution is -0.124. The molecule has 2 aromatic rings. The zero-order valence-electron chi connectivity index (χ0n) is 14.0. The molecule has 0 fully saturated rings. The van der Waals surface area contributed by atoms with E-state index in [2.05, 4.69) is 10.3 Å². The maximum atomic E-state index is 12.4. The van der Waals surface area contributed by atoms with Gasteiger partial charge in [0.1, 0.15) is 0 Å². The standard InChI is InChI=1S/C18H22N2O3/c1-5-12(3)20-17(21)10-23-18(22)15-9-13(4)19-16-7-6-11(2)8-14(15)16/h6-9,12H,5,10H2,1-4H3,(H,20,21). The van der Waals surface area contributed by atoms with Crippen molar-refractivity contribution in [3.05, 3.63) is 41.1 Å². The number of rotatable bonds is 5. The van der Waals surface area contributed by atoms with Gasteiger partial charge in [0.2, 0.25) is 0 Å². The van der Waals surface area contributed by atoms with Gasteiger partial charge < -0.3 is 10.1 Å². The summed E-state index contributed by atoms with van der Waals surface area (Å²) in [5.74, 6) is -0.802. The van der Waals surface area contributed by atoms with Gasteiger partial charge in [0.05, 0.1) is 11.1 Å². The van der Waals surface area contributed by atoms with Crippen molar-refractivity contribution < 1.29 is 14.3 Å². The number of ether oxygens (including phenoxy) is 1. The van der Waals surface area contributed by atoms with Gasteiger partial charge >= 0.3 is 5.97 Å². The minimum atomic E-state index is -0.509. The number of nitrogens with zero attached hydrogens (tertiary/aromatic N) is 1. The Morgan fingerprint density at radius 1 is 1.26 bits per heavy atom. The average Bonchev–Trinajstić information content (AvgIpc) is 2.52. The Morgan fingerprint density at radius 2 is 2.00 bits per heavy atom. The van der Waals surface area contributed by atoms with Crippen molar-refractivity contribution in [2.45, 2.75) is 40.2 Å². The molecule has 1 aromatic carbocycles. The number of aromatic nitrogens is 1. The number of carbonyl (C=O) groups is 2. The number of hydrogen-bond donors (Lipinski definition) is 1. The van der Waals surface area contributed by atoms with E-state index in [1.165, 1.54) is 0 Å². The van der Waals surface area contributed by atoms with Crippen molar-refractivity contribution >= 4 is 22.8 Å². The molecule has 23 heavy (non-hydrogen) atoms. The summed E-state index contributed by atoms with van der Waals surface area (Å²) in [6, 6.07) is 7.48. The minimum Gasteiger partial charge on any atom is -0.452 e. The van der Waals surface area contributed by atoms with Crippen LogP contribution in [0, 0.1) is 13.8 Å². The number of fused-ring (bicyclic) bond motifs is 1. The summed E-state index contributed by atoms with van der Waals surface area (Å²) in [6.07, 6.45) is 0.827. The molecule has 122 valence electrons. The minimum absolute atomic E-state index is 0.0628. The molecule has 1 aromatic heterocycles. The van der Waals surface area contributed by atoms with Crippen molar-refractivity contribution in [3.63, 3.8) is 0 Å². The molecule has 5 nitrogen and oxygen atoms in total. The second-order valence-electron chi connectivity index (χ2n) is 5.78. The van der Waals surface area contributed by atoms with Crippen LogP contribution in [0.1, 0.15) is 41.9 Å². The molecule has 2 rings (SSSR count). The summed E-state index contributed by atoms with van der Waals surface area (Å²) in [7, 11) is 0. The fourth-order valence-electron chi connectivity index (χ4n) is 2.27. The average molecular weight is 314 g/mol. The smallest absolute Gasteiger partial charge is 0.339 e. The number of nitrogens with one attached hydrogen (secondary N) is 1. The number of carbonyl (C=O) groups excluding carboxylic acids is 2. The number of hydrogen-bond acceptors (Lipinski definition) is 4. The Balaban J connectivity index is 2.18. The first-order valence-corrected chi connectivity index (χ1v) is 7.75. The molecular weight excluding hydrogens is 292 g/mol. The van der Waals surface area contributed by atoms with Gasteiger partial charge in [0.15, 0.2) is 6.61 Å². The Hall–Kier alpha value is -2.43. The van der Waals surface area contributed by atoms with Crippen LogP contribution in [0.25, 0.3) is 10.9 Å². The lowest BCUT2D eigenvalue weighted by Crippen LogP contribution is -2.35. The van der Waals surface area contributed by atoms with Gasteiger partial charge in [-0.05, 0) is 45.4 Å². The molecule has 0 aliphatic rings. The highest BCUT2D eigenvalue weighted by molar-refractivity contribution is 6.04. The third-order valence-corrected chi connectivity index (χ3v) is 3.67. The van der Waals surface area contributed by atoms with Crippen LogP contribution in [0.2, 0.25) is 0 Å². The van der Waals surface area contributed by atoms with Gasteiger partial charge in [-0.15, -0.1) is 0 Å². The third-order valence-electron chi connectivity index (χ3n) is 3.67. The Bertz CT molecular complexity index is 740. The molecule has 0 spiro atoms. The molecule has 0 radical (unpaired) electrons. The Kier molecular flexibility index (Phi) is 5.32. The molecule has 0 saturated carbocycles. The maximum absolute atomic E-state index is 12.4. The predicted octanol–water partition coefficient (Wildman–Crippen LogP) is 2.92. The van der Waals surface area contributed by atoms with Crippen LogP contribution in [0.3, 0.4) is 0 Å². The number of pyridine rings is 1. The van der Waals surface area contributed by atoms with E-state index in [0.29, 0.717) is 5.56 Å². The summed E-state index contributed by atoms with van der Waals surface area (Å²) >= 11 is 0. The van der Waals surface area contributed by atoms with Crippen LogP contribution in [0.4, 0.5) is 0 Å². The van der Waals surface area contributed by atoms with E-state index >= 15 is 0 Å². The summed E-state index contributed by atoms with van der Waals surface area (Å²) in [6.45, 7) is 7.38. The molecule has 0 aliphatic carbocycles. The molecule has 1 amide bonds. The molecule has 1 unspecified atom stereocenters. The van der Waals surface area contributed by atoms with E-state index in [0.717, 1.165) is 28.6 Å². The first-order chi connectivity index (χ1) is 10.9. The predicted molar refractivity (Wildman–Crippen MR) is 89.4 cm³/mol. The highest BCUT2D eigenvalue weighted by Crippen LogP contribution is 2.20. The fourth-order valence-corrected chi connectivity index (χ4v) is 2.27. The van der Waals surface area contributed by atoms with Gasteiger partial charge in [0, 0.05) is 17.1 Å². The van der Waals surface area contributed by atoms with E-state index in [1.54, 1.807) is 6.07 Å². The van der Waals surface area contributed by atoms with Crippen LogP contribution in [-0.2, 0) is 9.53 Å². The van der Waals surface area contributed by atoms with Gasteiger partial charge in [-0.25, -0.2) is 4.79 Å². The van der Waals surface area contributed by atoms with Gasteiger partial charge in [-0.3, -0.25) is 9.78 Å². The topological polar surface area (TPSA) is 68.3 Å². The number of benzene rings is 1. The van der Waals surface area contributed by atoms with Crippen LogP contribution in [0.15, 0.2) is 24.3 Å². The highest BCUT2D eigenvalue weighted by Gasteiger charge is 2.15. The van der Waals surface area contributed by atoms with E-state index < -0.39 is 5.97 Å².